The fourth-order valence-electron chi connectivity index (χ4n) is 1.76. The van der Waals surface area contributed by atoms with Gasteiger partial charge in [0.05, 0.1) is 5.02 Å². The molecule has 0 aliphatic heterocycles. The summed E-state index contributed by atoms with van der Waals surface area (Å²) in [6.07, 6.45) is 0. The van der Waals surface area contributed by atoms with E-state index in [0.717, 1.165) is 11.1 Å². The van der Waals surface area contributed by atoms with Gasteiger partial charge in [0.2, 0.25) is 0 Å². The van der Waals surface area contributed by atoms with Crippen LogP contribution in [-0.2, 0) is 0 Å². The summed E-state index contributed by atoms with van der Waals surface area (Å²) in [5.74, 6) is -0.0256. The summed E-state index contributed by atoms with van der Waals surface area (Å²) in [5.41, 5.74) is 3.24. The number of aryl methyl sites for hydroxylation is 2. The quantitative estimate of drug-likeness (QED) is 0.724. The second kappa shape index (κ2) is 4.72. The Morgan fingerprint density at radius 3 is 2.47 bits per heavy atom. The number of hydrogen-bond acceptors (Lipinski definition) is 1. The summed E-state index contributed by atoms with van der Waals surface area (Å²) in [4.78, 5) is 12.3. The highest BCUT2D eigenvalue weighted by Gasteiger charge is 2.13. The number of benzene rings is 2. The fraction of sp³-hybridized carbons (Fsp3) is 0.133. The summed E-state index contributed by atoms with van der Waals surface area (Å²) < 4.78 is 0. The molecule has 0 N–H and O–H groups in total. The Hall–Kier alpha value is -1.60. The highest BCUT2D eigenvalue weighted by atomic mass is 35.5. The molecule has 2 aromatic carbocycles. The fourth-order valence-corrected chi connectivity index (χ4v) is 1.98. The molecule has 0 saturated carbocycles. The smallest absolute Gasteiger partial charge is 0.194 e. The molecule has 0 amide bonds. The summed E-state index contributed by atoms with van der Waals surface area (Å²) in [5, 5.41) is 0.541. The molecule has 2 rings (SSSR count). The zero-order valence-corrected chi connectivity index (χ0v) is 10.6. The van der Waals surface area contributed by atoms with Gasteiger partial charge < -0.3 is 0 Å². The van der Waals surface area contributed by atoms with Gasteiger partial charge >= 0.3 is 0 Å². The summed E-state index contributed by atoms with van der Waals surface area (Å²) in [6.45, 7) is 3.87. The van der Waals surface area contributed by atoms with Crippen molar-refractivity contribution >= 4 is 17.4 Å². The maximum absolute atomic E-state index is 12.3. The first-order chi connectivity index (χ1) is 8.09. The van der Waals surface area contributed by atoms with Gasteiger partial charge in [0, 0.05) is 11.1 Å². The minimum Gasteiger partial charge on any atom is -0.289 e. The van der Waals surface area contributed by atoms with Crippen LogP contribution in [0.3, 0.4) is 0 Å². The highest BCUT2D eigenvalue weighted by Crippen LogP contribution is 2.23. The van der Waals surface area contributed by atoms with Crippen LogP contribution < -0.4 is 0 Å². The summed E-state index contributed by atoms with van der Waals surface area (Å²) in [7, 11) is 0. The number of carbonyl (C=O) groups is 1. The third kappa shape index (κ3) is 2.40. The zero-order chi connectivity index (χ0) is 12.4. The predicted molar refractivity (Wildman–Crippen MR) is 70.8 cm³/mol. The topological polar surface area (TPSA) is 17.1 Å². The van der Waals surface area contributed by atoms with Gasteiger partial charge in [0.1, 0.15) is 0 Å². The van der Waals surface area contributed by atoms with Crippen molar-refractivity contribution in [3.63, 3.8) is 0 Å². The second-order valence-electron chi connectivity index (χ2n) is 4.14. The molecule has 0 radical (unpaired) electrons. The van der Waals surface area contributed by atoms with Crippen LogP contribution in [-0.4, -0.2) is 5.78 Å². The largest absolute Gasteiger partial charge is 0.289 e. The molecule has 0 saturated heterocycles. The van der Waals surface area contributed by atoms with Crippen LogP contribution in [0, 0.1) is 13.8 Å². The number of rotatable bonds is 2. The van der Waals surface area contributed by atoms with Crippen molar-refractivity contribution in [1.29, 1.82) is 0 Å². The van der Waals surface area contributed by atoms with E-state index >= 15 is 0 Å². The van der Waals surface area contributed by atoms with E-state index in [1.54, 1.807) is 6.07 Å². The lowest BCUT2D eigenvalue weighted by molar-refractivity contribution is 0.103. The van der Waals surface area contributed by atoms with E-state index in [1.165, 1.54) is 0 Å². The zero-order valence-electron chi connectivity index (χ0n) is 9.83. The Bertz CT molecular complexity index is 573. The second-order valence-corrected chi connectivity index (χ2v) is 4.51. The average molecular weight is 245 g/mol. The molecule has 0 unspecified atom stereocenters. The Morgan fingerprint density at radius 1 is 1.06 bits per heavy atom. The van der Waals surface area contributed by atoms with Crippen LogP contribution in [0.2, 0.25) is 5.02 Å². The van der Waals surface area contributed by atoms with E-state index in [4.69, 9.17) is 11.6 Å². The Kier molecular flexibility index (Phi) is 3.30. The molecule has 0 aromatic heterocycles. The molecule has 1 nitrogen and oxygen atoms in total. The average Bonchev–Trinajstić information content (AvgIpc) is 2.32. The first-order valence-corrected chi connectivity index (χ1v) is 5.84. The van der Waals surface area contributed by atoms with E-state index < -0.39 is 0 Å². The van der Waals surface area contributed by atoms with Crippen molar-refractivity contribution in [2.75, 3.05) is 0 Å². The van der Waals surface area contributed by atoms with Gasteiger partial charge in [-0.2, -0.15) is 0 Å². The van der Waals surface area contributed by atoms with E-state index in [9.17, 15) is 4.79 Å². The van der Waals surface area contributed by atoms with Gasteiger partial charge in [-0.05, 0) is 31.5 Å². The SMILES string of the molecule is Cc1cccc(C(=O)c2cccc(C)c2Cl)c1. The molecule has 0 fully saturated rings. The van der Waals surface area contributed by atoms with Crippen LogP contribution in [0.1, 0.15) is 27.0 Å². The van der Waals surface area contributed by atoms with Crippen molar-refractivity contribution in [3.8, 4) is 0 Å². The van der Waals surface area contributed by atoms with E-state index in [0.29, 0.717) is 16.1 Å². The lowest BCUT2D eigenvalue weighted by Gasteiger charge is -2.06. The highest BCUT2D eigenvalue weighted by molar-refractivity contribution is 6.35. The van der Waals surface area contributed by atoms with Crippen LogP contribution in [0.15, 0.2) is 42.5 Å². The summed E-state index contributed by atoms with van der Waals surface area (Å²) in [6, 6.07) is 13.1. The number of halogens is 1. The Balaban J connectivity index is 2.48. The molecule has 2 aromatic rings. The minimum absolute atomic E-state index is 0.0256. The third-order valence-electron chi connectivity index (χ3n) is 2.72. The van der Waals surface area contributed by atoms with Crippen molar-refractivity contribution < 1.29 is 4.79 Å². The van der Waals surface area contributed by atoms with Gasteiger partial charge in [0.15, 0.2) is 5.78 Å². The summed E-state index contributed by atoms with van der Waals surface area (Å²) >= 11 is 6.16. The molecule has 0 atom stereocenters. The number of carbonyl (C=O) groups excluding carboxylic acids is 1. The molecule has 2 heteroatoms. The van der Waals surface area contributed by atoms with Crippen LogP contribution in [0.5, 0.6) is 0 Å². The van der Waals surface area contributed by atoms with Crippen molar-refractivity contribution in [3.05, 3.63) is 69.7 Å². The van der Waals surface area contributed by atoms with Crippen molar-refractivity contribution in [2.45, 2.75) is 13.8 Å². The molecule has 0 spiro atoms. The maximum atomic E-state index is 12.3. The van der Waals surface area contributed by atoms with E-state index in [1.807, 2.05) is 50.2 Å². The number of ketones is 1. The van der Waals surface area contributed by atoms with Gasteiger partial charge in [-0.15, -0.1) is 0 Å². The van der Waals surface area contributed by atoms with Crippen molar-refractivity contribution in [1.82, 2.24) is 0 Å². The van der Waals surface area contributed by atoms with Gasteiger partial charge in [-0.25, -0.2) is 0 Å². The molecule has 0 aliphatic rings. The Labute approximate surface area is 106 Å². The van der Waals surface area contributed by atoms with E-state index in [-0.39, 0.29) is 5.78 Å². The van der Waals surface area contributed by atoms with Gasteiger partial charge in [0.25, 0.3) is 0 Å². The molecule has 0 heterocycles. The Morgan fingerprint density at radius 2 is 1.76 bits per heavy atom. The third-order valence-corrected chi connectivity index (χ3v) is 3.22. The minimum atomic E-state index is -0.0256. The normalized spacial score (nSPS) is 10.3. The lowest BCUT2D eigenvalue weighted by atomic mass is 10.0. The first kappa shape index (κ1) is 11.9. The first-order valence-electron chi connectivity index (χ1n) is 5.46. The predicted octanol–water partition coefficient (Wildman–Crippen LogP) is 4.19. The molecule has 86 valence electrons. The standard InChI is InChI=1S/C15H13ClO/c1-10-5-3-7-12(9-10)15(17)13-8-4-6-11(2)14(13)16/h3-9H,1-2H3. The van der Waals surface area contributed by atoms with Crippen molar-refractivity contribution in [2.24, 2.45) is 0 Å². The molecule has 0 bridgehead atoms. The van der Waals surface area contributed by atoms with Crippen LogP contribution >= 0.6 is 11.6 Å². The van der Waals surface area contributed by atoms with Gasteiger partial charge in [-0.1, -0.05) is 47.5 Å². The van der Waals surface area contributed by atoms with E-state index in [2.05, 4.69) is 0 Å². The monoisotopic (exact) mass is 244 g/mol. The molecular formula is C15H13ClO. The van der Waals surface area contributed by atoms with Crippen LogP contribution in [0.25, 0.3) is 0 Å². The number of hydrogen-bond donors (Lipinski definition) is 0. The lowest BCUT2D eigenvalue weighted by Crippen LogP contribution is -2.03. The van der Waals surface area contributed by atoms with Crippen LogP contribution in [0.4, 0.5) is 0 Å². The molecule has 17 heavy (non-hydrogen) atoms. The molecule has 0 aliphatic carbocycles. The van der Waals surface area contributed by atoms with Gasteiger partial charge in [-0.3, -0.25) is 4.79 Å². The molecular weight excluding hydrogens is 232 g/mol. The maximum Gasteiger partial charge on any atom is 0.194 e.